The van der Waals surface area contributed by atoms with E-state index in [0.717, 1.165) is 6.42 Å². The van der Waals surface area contributed by atoms with Crippen LogP contribution in [0.3, 0.4) is 0 Å². The minimum Gasteiger partial charge on any atom is -0.449 e. The zero-order chi connectivity index (χ0) is 12.4. The summed E-state index contributed by atoms with van der Waals surface area (Å²) in [6.07, 6.45) is 1.29. The Labute approximate surface area is 97.6 Å². The number of amides is 1. The highest BCUT2D eigenvalue weighted by molar-refractivity contribution is 5.68. The number of aliphatic hydroxyl groups is 1. The average molecular weight is 229 g/mol. The summed E-state index contributed by atoms with van der Waals surface area (Å²) in [7, 11) is 0. The summed E-state index contributed by atoms with van der Waals surface area (Å²) in [4.78, 5) is 13.3. The lowest BCUT2D eigenvalue weighted by molar-refractivity contribution is 0.0485. The number of rotatable bonds is 3. The Hall–Kier alpha value is -0.770. The van der Waals surface area contributed by atoms with E-state index in [1.54, 1.807) is 11.8 Å². The average Bonchev–Trinajstić information content (AvgIpc) is 2.55. The third kappa shape index (κ3) is 3.67. The van der Waals surface area contributed by atoms with Crippen LogP contribution in [0.4, 0.5) is 4.79 Å². The second kappa shape index (κ2) is 4.62. The summed E-state index contributed by atoms with van der Waals surface area (Å²) < 4.78 is 5.25. The van der Waals surface area contributed by atoms with Gasteiger partial charge in [0.1, 0.15) is 0 Å². The quantitative estimate of drug-likeness (QED) is 0.805. The molecule has 0 bridgehead atoms. The Morgan fingerprint density at radius 1 is 1.56 bits per heavy atom. The standard InChI is InChI=1S/C12H23NO3/c1-5-11(2,3)9-16-10(14)13-7-6-12(4,15)8-13/h15H,5-9H2,1-4H3. The van der Waals surface area contributed by atoms with Crippen LogP contribution in [0, 0.1) is 5.41 Å². The largest absolute Gasteiger partial charge is 0.449 e. The minimum absolute atomic E-state index is 0.0257. The zero-order valence-corrected chi connectivity index (χ0v) is 10.7. The van der Waals surface area contributed by atoms with Gasteiger partial charge in [-0.15, -0.1) is 0 Å². The molecule has 1 fully saturated rings. The lowest BCUT2D eigenvalue weighted by Gasteiger charge is -2.24. The predicted molar refractivity (Wildman–Crippen MR) is 62.2 cm³/mol. The number of hydrogen-bond donors (Lipinski definition) is 1. The van der Waals surface area contributed by atoms with Crippen molar-refractivity contribution in [3.05, 3.63) is 0 Å². The van der Waals surface area contributed by atoms with Gasteiger partial charge in [-0.2, -0.15) is 0 Å². The van der Waals surface area contributed by atoms with Crippen LogP contribution in [0.5, 0.6) is 0 Å². The first-order chi connectivity index (χ1) is 7.26. The Morgan fingerprint density at radius 3 is 2.62 bits per heavy atom. The Morgan fingerprint density at radius 2 is 2.19 bits per heavy atom. The molecule has 0 spiro atoms. The molecule has 1 N–H and O–H groups in total. The molecule has 4 heteroatoms. The van der Waals surface area contributed by atoms with Crippen molar-refractivity contribution in [2.75, 3.05) is 19.7 Å². The maximum atomic E-state index is 11.7. The number of β-amino-alcohol motifs (C(OH)–C–C–N with tert-alkyl or cyclic N) is 1. The fourth-order valence-electron chi connectivity index (χ4n) is 1.55. The SMILES string of the molecule is CCC(C)(C)COC(=O)N1CCC(C)(O)C1. The molecule has 0 aromatic carbocycles. The molecule has 16 heavy (non-hydrogen) atoms. The van der Waals surface area contributed by atoms with E-state index < -0.39 is 5.60 Å². The van der Waals surface area contributed by atoms with Crippen molar-refractivity contribution in [2.24, 2.45) is 5.41 Å². The molecular formula is C12H23NO3. The molecule has 1 unspecified atom stereocenters. The number of carbonyl (C=O) groups is 1. The van der Waals surface area contributed by atoms with Crippen LogP contribution < -0.4 is 0 Å². The van der Waals surface area contributed by atoms with Gasteiger partial charge in [0.05, 0.1) is 18.8 Å². The van der Waals surface area contributed by atoms with Gasteiger partial charge >= 0.3 is 6.09 Å². The second-order valence-electron chi connectivity index (χ2n) is 5.74. The maximum Gasteiger partial charge on any atom is 0.409 e. The first kappa shape index (κ1) is 13.3. The van der Waals surface area contributed by atoms with Crippen molar-refractivity contribution in [2.45, 2.75) is 46.1 Å². The van der Waals surface area contributed by atoms with Gasteiger partial charge in [0.15, 0.2) is 0 Å². The third-order valence-electron chi connectivity index (χ3n) is 3.25. The van der Waals surface area contributed by atoms with E-state index >= 15 is 0 Å². The number of likely N-dealkylation sites (tertiary alicyclic amines) is 1. The third-order valence-corrected chi connectivity index (χ3v) is 3.25. The molecule has 1 atom stereocenters. The smallest absolute Gasteiger partial charge is 0.409 e. The number of carbonyl (C=O) groups excluding carboxylic acids is 1. The summed E-state index contributed by atoms with van der Waals surface area (Å²) in [5.41, 5.74) is -0.725. The maximum absolute atomic E-state index is 11.7. The lowest BCUT2D eigenvalue weighted by Crippen LogP contribution is -2.35. The predicted octanol–water partition coefficient (Wildman–Crippen LogP) is 2.02. The minimum atomic E-state index is -0.751. The topological polar surface area (TPSA) is 49.8 Å². The van der Waals surface area contributed by atoms with Gasteiger partial charge in [0.25, 0.3) is 0 Å². The number of nitrogens with zero attached hydrogens (tertiary/aromatic N) is 1. The van der Waals surface area contributed by atoms with E-state index in [0.29, 0.717) is 26.1 Å². The summed E-state index contributed by atoms with van der Waals surface area (Å²) in [5, 5.41) is 9.74. The van der Waals surface area contributed by atoms with Crippen LogP contribution in [-0.4, -0.2) is 41.4 Å². The Bertz CT molecular complexity index is 261. The van der Waals surface area contributed by atoms with Crippen molar-refractivity contribution in [1.29, 1.82) is 0 Å². The van der Waals surface area contributed by atoms with E-state index in [4.69, 9.17) is 4.74 Å². The molecule has 1 amide bonds. The molecule has 94 valence electrons. The van der Waals surface area contributed by atoms with Crippen molar-refractivity contribution >= 4 is 6.09 Å². The molecule has 0 radical (unpaired) electrons. The normalized spacial score (nSPS) is 25.9. The Balaban J connectivity index is 2.37. The monoisotopic (exact) mass is 229 g/mol. The van der Waals surface area contributed by atoms with Gasteiger partial charge in [-0.3, -0.25) is 0 Å². The molecule has 1 heterocycles. The highest BCUT2D eigenvalue weighted by atomic mass is 16.6. The summed E-state index contributed by atoms with van der Waals surface area (Å²) in [6, 6.07) is 0. The van der Waals surface area contributed by atoms with Gasteiger partial charge in [0, 0.05) is 6.54 Å². The van der Waals surface area contributed by atoms with Gasteiger partial charge in [0.2, 0.25) is 0 Å². The van der Waals surface area contributed by atoms with Crippen molar-refractivity contribution in [3.63, 3.8) is 0 Å². The van der Waals surface area contributed by atoms with E-state index in [2.05, 4.69) is 20.8 Å². The van der Waals surface area contributed by atoms with Crippen LogP contribution in [0.25, 0.3) is 0 Å². The van der Waals surface area contributed by atoms with E-state index in [1.165, 1.54) is 0 Å². The summed E-state index contributed by atoms with van der Waals surface area (Å²) in [6.45, 7) is 9.35. The molecule has 4 nitrogen and oxygen atoms in total. The van der Waals surface area contributed by atoms with E-state index in [-0.39, 0.29) is 11.5 Å². The van der Waals surface area contributed by atoms with E-state index in [1.807, 2.05) is 0 Å². The van der Waals surface area contributed by atoms with Gasteiger partial charge in [-0.25, -0.2) is 4.79 Å². The van der Waals surface area contributed by atoms with Crippen molar-refractivity contribution < 1.29 is 14.6 Å². The first-order valence-electron chi connectivity index (χ1n) is 5.90. The van der Waals surface area contributed by atoms with Gasteiger partial charge < -0.3 is 14.7 Å². The zero-order valence-electron chi connectivity index (χ0n) is 10.7. The molecule has 1 saturated heterocycles. The summed E-state index contributed by atoms with van der Waals surface area (Å²) in [5.74, 6) is 0. The fourth-order valence-corrected chi connectivity index (χ4v) is 1.55. The van der Waals surface area contributed by atoms with E-state index in [9.17, 15) is 9.90 Å². The van der Waals surface area contributed by atoms with Gasteiger partial charge in [-0.05, 0) is 25.2 Å². The van der Waals surface area contributed by atoms with Gasteiger partial charge in [-0.1, -0.05) is 20.8 Å². The molecule has 0 saturated carbocycles. The molecule has 0 aliphatic carbocycles. The van der Waals surface area contributed by atoms with Crippen molar-refractivity contribution in [3.8, 4) is 0 Å². The fraction of sp³-hybridized carbons (Fsp3) is 0.917. The highest BCUT2D eigenvalue weighted by Gasteiger charge is 2.35. The Kier molecular flexibility index (Phi) is 3.84. The molecule has 1 rings (SSSR count). The highest BCUT2D eigenvalue weighted by Crippen LogP contribution is 2.23. The van der Waals surface area contributed by atoms with Crippen LogP contribution in [0.2, 0.25) is 0 Å². The number of ether oxygens (including phenoxy) is 1. The molecular weight excluding hydrogens is 206 g/mol. The number of hydrogen-bond acceptors (Lipinski definition) is 3. The molecule has 1 aliphatic rings. The van der Waals surface area contributed by atoms with Crippen LogP contribution in [0.15, 0.2) is 0 Å². The molecule has 0 aromatic heterocycles. The first-order valence-corrected chi connectivity index (χ1v) is 5.90. The lowest BCUT2D eigenvalue weighted by atomic mass is 9.92. The van der Waals surface area contributed by atoms with Crippen molar-refractivity contribution in [1.82, 2.24) is 4.90 Å². The van der Waals surface area contributed by atoms with Crippen LogP contribution in [-0.2, 0) is 4.74 Å². The second-order valence-corrected chi connectivity index (χ2v) is 5.74. The van der Waals surface area contributed by atoms with Crippen LogP contribution in [0.1, 0.15) is 40.5 Å². The molecule has 1 aliphatic heterocycles. The molecule has 0 aromatic rings. The summed E-state index contributed by atoms with van der Waals surface area (Å²) >= 11 is 0. The van der Waals surface area contributed by atoms with Crippen LogP contribution >= 0.6 is 0 Å².